The maximum Gasteiger partial charge on any atom is 0.212 e. The molecule has 0 spiro atoms. The van der Waals surface area contributed by atoms with Crippen LogP contribution in [0.2, 0.25) is 0 Å². The van der Waals surface area contributed by atoms with Gasteiger partial charge >= 0.3 is 0 Å². The molecule has 2 heterocycles. The summed E-state index contributed by atoms with van der Waals surface area (Å²) in [4.78, 5) is 7.01. The van der Waals surface area contributed by atoms with Crippen molar-refractivity contribution in [1.82, 2.24) is 24.6 Å². The van der Waals surface area contributed by atoms with Gasteiger partial charge in [0, 0.05) is 12.4 Å². The first kappa shape index (κ1) is 14.3. The highest BCUT2D eigenvalue weighted by molar-refractivity contribution is 7.99. The average molecular weight is 301 g/mol. The molecule has 0 saturated heterocycles. The monoisotopic (exact) mass is 301 g/mol. The molecule has 6 heteroatoms. The SMILES string of the molecule is CCN(CC)CSc1nnc2c3ccccc3n(C)c2n1. The van der Waals surface area contributed by atoms with Crippen molar-refractivity contribution in [2.75, 3.05) is 19.0 Å². The number of fused-ring (bicyclic) bond motifs is 3. The predicted octanol–water partition coefficient (Wildman–Crippen LogP) is 2.91. The third kappa shape index (κ3) is 2.61. The van der Waals surface area contributed by atoms with Crippen molar-refractivity contribution >= 4 is 33.8 Å². The van der Waals surface area contributed by atoms with E-state index in [0.717, 1.165) is 46.2 Å². The van der Waals surface area contributed by atoms with Gasteiger partial charge in [-0.15, -0.1) is 10.2 Å². The van der Waals surface area contributed by atoms with Crippen LogP contribution < -0.4 is 0 Å². The molecule has 0 aliphatic rings. The van der Waals surface area contributed by atoms with E-state index in [0.29, 0.717) is 0 Å². The summed E-state index contributed by atoms with van der Waals surface area (Å²) in [7, 11) is 2.03. The van der Waals surface area contributed by atoms with Crippen molar-refractivity contribution in [2.24, 2.45) is 7.05 Å². The van der Waals surface area contributed by atoms with Crippen molar-refractivity contribution in [3.05, 3.63) is 24.3 Å². The normalized spacial score (nSPS) is 11.8. The Kier molecular flexibility index (Phi) is 4.07. The summed E-state index contributed by atoms with van der Waals surface area (Å²) in [6.07, 6.45) is 0. The number of rotatable bonds is 5. The molecule has 3 rings (SSSR count). The summed E-state index contributed by atoms with van der Waals surface area (Å²) in [5.41, 5.74) is 2.91. The van der Waals surface area contributed by atoms with Crippen molar-refractivity contribution in [2.45, 2.75) is 19.0 Å². The molecule has 2 aromatic heterocycles. The van der Waals surface area contributed by atoms with Crippen LogP contribution in [-0.2, 0) is 7.05 Å². The highest BCUT2D eigenvalue weighted by atomic mass is 32.2. The summed E-state index contributed by atoms with van der Waals surface area (Å²) in [5, 5.41) is 10.5. The summed E-state index contributed by atoms with van der Waals surface area (Å²) in [6, 6.07) is 8.20. The van der Waals surface area contributed by atoms with Gasteiger partial charge in [0.15, 0.2) is 5.65 Å². The van der Waals surface area contributed by atoms with Crippen molar-refractivity contribution in [3.63, 3.8) is 0 Å². The molecule has 0 bridgehead atoms. The van der Waals surface area contributed by atoms with E-state index in [1.165, 1.54) is 0 Å². The van der Waals surface area contributed by atoms with E-state index in [4.69, 9.17) is 0 Å². The quantitative estimate of drug-likeness (QED) is 0.535. The molecule has 0 fully saturated rings. The molecule has 1 aromatic carbocycles. The first-order chi connectivity index (χ1) is 10.2. The number of hydrogen-bond donors (Lipinski definition) is 0. The minimum atomic E-state index is 0.736. The largest absolute Gasteiger partial charge is 0.327 e. The molecule has 0 atom stereocenters. The number of hydrogen-bond acceptors (Lipinski definition) is 5. The number of para-hydroxylation sites is 1. The van der Waals surface area contributed by atoms with Crippen LogP contribution in [0, 0.1) is 0 Å². The second-order valence-corrected chi connectivity index (χ2v) is 5.83. The van der Waals surface area contributed by atoms with Gasteiger partial charge in [-0.2, -0.15) is 0 Å². The lowest BCUT2D eigenvalue weighted by Gasteiger charge is -2.16. The zero-order chi connectivity index (χ0) is 14.8. The standard InChI is InChI=1S/C15H19N5S/c1-4-20(5-2)10-21-15-16-14-13(17-18-15)11-8-6-7-9-12(11)19(14)3/h6-9H,4-5,10H2,1-3H3. The predicted molar refractivity (Wildman–Crippen MR) is 87.5 cm³/mol. The molecule has 0 radical (unpaired) electrons. The van der Waals surface area contributed by atoms with Gasteiger partial charge in [0.2, 0.25) is 5.16 Å². The van der Waals surface area contributed by atoms with Gasteiger partial charge in [0.05, 0.1) is 11.4 Å². The Bertz CT molecular complexity index is 763. The lowest BCUT2D eigenvalue weighted by atomic mass is 10.2. The van der Waals surface area contributed by atoms with Crippen LogP contribution in [0.1, 0.15) is 13.8 Å². The van der Waals surface area contributed by atoms with E-state index < -0.39 is 0 Å². The van der Waals surface area contributed by atoms with Crippen molar-refractivity contribution < 1.29 is 0 Å². The Balaban J connectivity index is 1.96. The Morgan fingerprint density at radius 3 is 2.67 bits per heavy atom. The summed E-state index contributed by atoms with van der Waals surface area (Å²) >= 11 is 1.64. The number of aryl methyl sites for hydroxylation is 1. The van der Waals surface area contributed by atoms with Gasteiger partial charge in [-0.05, 0) is 19.2 Å². The minimum Gasteiger partial charge on any atom is -0.327 e. The van der Waals surface area contributed by atoms with E-state index >= 15 is 0 Å². The minimum absolute atomic E-state index is 0.736. The van der Waals surface area contributed by atoms with Crippen molar-refractivity contribution in [3.8, 4) is 0 Å². The van der Waals surface area contributed by atoms with Gasteiger partial charge in [-0.1, -0.05) is 43.8 Å². The molecule has 0 N–H and O–H groups in total. The van der Waals surface area contributed by atoms with Gasteiger partial charge in [0.25, 0.3) is 0 Å². The van der Waals surface area contributed by atoms with Crippen LogP contribution in [0.5, 0.6) is 0 Å². The molecular weight excluding hydrogens is 282 g/mol. The van der Waals surface area contributed by atoms with E-state index in [2.05, 4.69) is 50.6 Å². The first-order valence-corrected chi connectivity index (χ1v) is 8.16. The van der Waals surface area contributed by atoms with Crippen LogP contribution >= 0.6 is 11.8 Å². The third-order valence-corrected chi connectivity index (χ3v) is 4.68. The fourth-order valence-corrected chi connectivity index (χ4v) is 3.32. The molecular formula is C15H19N5S. The zero-order valence-electron chi connectivity index (χ0n) is 12.6. The molecule has 0 amide bonds. The van der Waals surface area contributed by atoms with Crippen LogP contribution in [0.25, 0.3) is 22.1 Å². The van der Waals surface area contributed by atoms with Crippen molar-refractivity contribution in [1.29, 1.82) is 0 Å². The zero-order valence-corrected chi connectivity index (χ0v) is 13.4. The van der Waals surface area contributed by atoms with Crippen LogP contribution in [0.15, 0.2) is 29.4 Å². The summed E-state index contributed by atoms with van der Waals surface area (Å²) < 4.78 is 2.08. The summed E-state index contributed by atoms with van der Waals surface area (Å²) in [5.74, 6) is 0.893. The topological polar surface area (TPSA) is 46.8 Å². The maximum absolute atomic E-state index is 4.68. The molecule has 110 valence electrons. The Morgan fingerprint density at radius 2 is 1.90 bits per heavy atom. The lowest BCUT2D eigenvalue weighted by molar-refractivity contribution is 0.358. The van der Waals surface area contributed by atoms with Crippen LogP contribution in [-0.4, -0.2) is 43.6 Å². The van der Waals surface area contributed by atoms with Gasteiger partial charge < -0.3 is 4.57 Å². The second kappa shape index (κ2) is 5.99. The fraction of sp³-hybridized carbons (Fsp3) is 0.400. The van der Waals surface area contributed by atoms with Gasteiger partial charge in [0.1, 0.15) is 5.52 Å². The lowest BCUT2D eigenvalue weighted by Crippen LogP contribution is -2.22. The molecule has 21 heavy (non-hydrogen) atoms. The molecule has 0 aliphatic heterocycles. The highest BCUT2D eigenvalue weighted by Crippen LogP contribution is 2.25. The highest BCUT2D eigenvalue weighted by Gasteiger charge is 2.12. The maximum atomic E-state index is 4.68. The van der Waals surface area contributed by atoms with E-state index in [1.807, 2.05) is 19.2 Å². The Labute approximate surface area is 128 Å². The van der Waals surface area contributed by atoms with Crippen LogP contribution in [0.3, 0.4) is 0 Å². The molecule has 3 aromatic rings. The average Bonchev–Trinajstić information content (AvgIpc) is 2.82. The molecule has 5 nitrogen and oxygen atoms in total. The fourth-order valence-electron chi connectivity index (χ4n) is 2.41. The van der Waals surface area contributed by atoms with Crippen LogP contribution in [0.4, 0.5) is 0 Å². The van der Waals surface area contributed by atoms with Gasteiger partial charge in [-0.25, -0.2) is 4.98 Å². The van der Waals surface area contributed by atoms with E-state index in [-0.39, 0.29) is 0 Å². The Morgan fingerprint density at radius 1 is 1.14 bits per heavy atom. The third-order valence-electron chi connectivity index (χ3n) is 3.76. The molecule has 0 unspecified atom stereocenters. The molecule has 0 aliphatic carbocycles. The second-order valence-electron chi connectivity index (χ2n) is 4.92. The Hall–Kier alpha value is -1.66. The smallest absolute Gasteiger partial charge is 0.212 e. The van der Waals surface area contributed by atoms with Gasteiger partial charge in [-0.3, -0.25) is 4.90 Å². The van der Waals surface area contributed by atoms with E-state index in [9.17, 15) is 0 Å². The number of thioether (sulfide) groups is 1. The number of benzene rings is 1. The number of nitrogens with zero attached hydrogens (tertiary/aromatic N) is 5. The van der Waals surface area contributed by atoms with E-state index in [1.54, 1.807) is 11.8 Å². The summed E-state index contributed by atoms with van der Waals surface area (Å²) in [6.45, 7) is 6.40. The first-order valence-electron chi connectivity index (χ1n) is 7.17. The molecule has 0 saturated carbocycles. The number of aromatic nitrogens is 4.